The Hall–Kier alpha value is -2.02. The van der Waals surface area contributed by atoms with E-state index in [-0.39, 0.29) is 16.5 Å². The molecule has 0 bridgehead atoms. The van der Waals surface area contributed by atoms with Crippen LogP contribution in [-0.4, -0.2) is 29.4 Å². The highest BCUT2D eigenvalue weighted by Gasteiger charge is 2.19. The molecule has 0 aliphatic heterocycles. The van der Waals surface area contributed by atoms with E-state index in [1.165, 1.54) is 12.3 Å². The average Bonchev–Trinajstić information content (AvgIpc) is 2.40. The van der Waals surface area contributed by atoms with Crippen molar-refractivity contribution >= 4 is 15.7 Å². The number of aromatic nitrogens is 3. The summed E-state index contributed by atoms with van der Waals surface area (Å²) in [4.78, 5) is 4.23. The SMILES string of the molecule is CCS(=O)(=O)c1cccnc1-c1ccc(N)nn1. The van der Waals surface area contributed by atoms with Gasteiger partial charge in [-0.1, -0.05) is 6.92 Å². The first-order valence-electron chi connectivity index (χ1n) is 5.32. The van der Waals surface area contributed by atoms with Gasteiger partial charge in [0.2, 0.25) is 0 Å². The maximum Gasteiger partial charge on any atom is 0.180 e. The van der Waals surface area contributed by atoms with Gasteiger partial charge in [0.15, 0.2) is 9.84 Å². The smallest absolute Gasteiger partial charge is 0.180 e. The van der Waals surface area contributed by atoms with Crippen LogP contribution in [0.2, 0.25) is 0 Å². The average molecular weight is 264 g/mol. The van der Waals surface area contributed by atoms with E-state index in [0.29, 0.717) is 11.4 Å². The zero-order valence-corrected chi connectivity index (χ0v) is 10.6. The molecule has 0 atom stereocenters. The molecule has 0 unspecified atom stereocenters. The number of rotatable bonds is 3. The molecule has 0 saturated carbocycles. The number of hydrogen-bond donors (Lipinski definition) is 1. The van der Waals surface area contributed by atoms with E-state index >= 15 is 0 Å². The number of anilines is 1. The minimum absolute atomic E-state index is 0.00803. The van der Waals surface area contributed by atoms with Crippen LogP contribution in [-0.2, 0) is 9.84 Å². The van der Waals surface area contributed by atoms with Gasteiger partial charge >= 0.3 is 0 Å². The van der Waals surface area contributed by atoms with Crippen LogP contribution in [0.1, 0.15) is 6.92 Å². The second kappa shape index (κ2) is 4.69. The fourth-order valence-electron chi connectivity index (χ4n) is 1.46. The van der Waals surface area contributed by atoms with Gasteiger partial charge in [0.1, 0.15) is 17.2 Å². The van der Waals surface area contributed by atoms with Gasteiger partial charge in [-0.3, -0.25) is 4.98 Å². The molecule has 2 N–H and O–H groups in total. The molecule has 18 heavy (non-hydrogen) atoms. The van der Waals surface area contributed by atoms with Gasteiger partial charge in [-0.2, -0.15) is 0 Å². The first kappa shape index (κ1) is 12.4. The van der Waals surface area contributed by atoms with Gasteiger partial charge in [-0.05, 0) is 24.3 Å². The van der Waals surface area contributed by atoms with Gasteiger partial charge in [0.25, 0.3) is 0 Å². The Labute approximate surface area is 105 Å². The highest BCUT2D eigenvalue weighted by molar-refractivity contribution is 7.91. The fraction of sp³-hybridized carbons (Fsp3) is 0.182. The molecule has 2 heterocycles. The third kappa shape index (κ3) is 2.30. The topological polar surface area (TPSA) is 98.8 Å². The number of sulfone groups is 1. The third-order valence-corrected chi connectivity index (χ3v) is 4.17. The van der Waals surface area contributed by atoms with Crippen molar-refractivity contribution in [2.75, 3.05) is 11.5 Å². The first-order valence-corrected chi connectivity index (χ1v) is 6.97. The number of nitrogens with two attached hydrogens (primary N) is 1. The monoisotopic (exact) mass is 264 g/mol. The van der Waals surface area contributed by atoms with Crippen molar-refractivity contribution in [1.29, 1.82) is 0 Å². The molecule has 0 saturated heterocycles. The molecule has 2 aromatic heterocycles. The zero-order valence-electron chi connectivity index (χ0n) is 9.74. The quantitative estimate of drug-likeness (QED) is 0.884. The second-order valence-electron chi connectivity index (χ2n) is 3.60. The van der Waals surface area contributed by atoms with E-state index in [9.17, 15) is 8.42 Å². The molecule has 7 heteroatoms. The molecule has 2 aromatic rings. The zero-order chi connectivity index (χ0) is 13.2. The molecule has 0 radical (unpaired) electrons. The molecule has 94 valence electrons. The largest absolute Gasteiger partial charge is 0.382 e. The van der Waals surface area contributed by atoms with Crippen molar-refractivity contribution in [2.24, 2.45) is 0 Å². The summed E-state index contributed by atoms with van der Waals surface area (Å²) in [6, 6.07) is 6.24. The lowest BCUT2D eigenvalue weighted by molar-refractivity contribution is 0.597. The van der Waals surface area contributed by atoms with Crippen molar-refractivity contribution < 1.29 is 8.42 Å². The summed E-state index contributed by atoms with van der Waals surface area (Å²) in [7, 11) is -3.35. The molecule has 0 amide bonds. The normalized spacial score (nSPS) is 11.4. The molecule has 0 spiro atoms. The fourth-order valence-corrected chi connectivity index (χ4v) is 2.51. The summed E-state index contributed by atoms with van der Waals surface area (Å²) in [6.07, 6.45) is 1.52. The summed E-state index contributed by atoms with van der Waals surface area (Å²) in [5.74, 6) is 0.281. The van der Waals surface area contributed by atoms with Gasteiger partial charge in [0, 0.05) is 6.20 Å². The molecular weight excluding hydrogens is 252 g/mol. The van der Waals surface area contributed by atoms with Gasteiger partial charge in [-0.25, -0.2) is 8.42 Å². The predicted octanol–water partition coefficient (Wildman–Crippen LogP) is 0.914. The Bertz CT molecular complexity index is 653. The van der Waals surface area contributed by atoms with Crippen molar-refractivity contribution in [1.82, 2.24) is 15.2 Å². The third-order valence-electron chi connectivity index (χ3n) is 2.41. The minimum atomic E-state index is -3.35. The highest BCUT2D eigenvalue weighted by atomic mass is 32.2. The summed E-state index contributed by atoms with van der Waals surface area (Å²) in [5, 5.41) is 7.55. The van der Waals surface area contributed by atoms with Crippen LogP contribution >= 0.6 is 0 Å². The maximum absolute atomic E-state index is 11.9. The minimum Gasteiger partial charge on any atom is -0.382 e. The summed E-state index contributed by atoms with van der Waals surface area (Å²) >= 11 is 0. The Balaban J connectivity index is 2.62. The Morgan fingerprint density at radius 2 is 2.00 bits per heavy atom. The second-order valence-corrected chi connectivity index (χ2v) is 5.84. The van der Waals surface area contributed by atoms with E-state index in [4.69, 9.17) is 5.73 Å². The van der Waals surface area contributed by atoms with Crippen LogP contribution in [0.4, 0.5) is 5.82 Å². The van der Waals surface area contributed by atoms with E-state index in [2.05, 4.69) is 15.2 Å². The molecule has 0 fully saturated rings. The lowest BCUT2D eigenvalue weighted by Crippen LogP contribution is -2.07. The highest BCUT2D eigenvalue weighted by Crippen LogP contribution is 2.23. The molecular formula is C11H12N4O2S. The van der Waals surface area contributed by atoms with Gasteiger partial charge < -0.3 is 5.73 Å². The van der Waals surface area contributed by atoms with E-state index in [0.717, 1.165) is 0 Å². The summed E-state index contributed by atoms with van der Waals surface area (Å²) in [5.41, 5.74) is 6.13. The standard InChI is InChI=1S/C11H12N4O2S/c1-2-18(16,17)9-4-3-7-13-11(9)8-5-6-10(12)15-14-8/h3-7H,2H2,1H3,(H2,12,15). The summed E-state index contributed by atoms with van der Waals surface area (Å²) < 4.78 is 23.9. The van der Waals surface area contributed by atoms with Gasteiger partial charge in [-0.15, -0.1) is 10.2 Å². The Kier molecular flexibility index (Phi) is 3.24. The van der Waals surface area contributed by atoms with E-state index < -0.39 is 9.84 Å². The van der Waals surface area contributed by atoms with Crippen molar-refractivity contribution in [3.63, 3.8) is 0 Å². The van der Waals surface area contributed by atoms with Crippen molar-refractivity contribution in [3.8, 4) is 11.4 Å². The van der Waals surface area contributed by atoms with Crippen molar-refractivity contribution in [2.45, 2.75) is 11.8 Å². The predicted molar refractivity (Wildman–Crippen MR) is 67.4 cm³/mol. The van der Waals surface area contributed by atoms with E-state index in [1.54, 1.807) is 25.1 Å². The number of nitrogens with zero attached hydrogens (tertiary/aromatic N) is 3. The lowest BCUT2D eigenvalue weighted by Gasteiger charge is -2.06. The van der Waals surface area contributed by atoms with Crippen LogP contribution in [0.3, 0.4) is 0 Å². The molecule has 6 nitrogen and oxygen atoms in total. The number of pyridine rings is 1. The number of hydrogen-bond acceptors (Lipinski definition) is 6. The molecule has 0 aliphatic carbocycles. The first-order chi connectivity index (χ1) is 8.54. The maximum atomic E-state index is 11.9. The van der Waals surface area contributed by atoms with Crippen LogP contribution in [0.15, 0.2) is 35.4 Å². The Morgan fingerprint density at radius 1 is 1.22 bits per heavy atom. The molecule has 0 aromatic carbocycles. The lowest BCUT2D eigenvalue weighted by atomic mass is 10.2. The van der Waals surface area contributed by atoms with Crippen molar-refractivity contribution in [3.05, 3.63) is 30.5 Å². The molecule has 2 rings (SSSR count). The van der Waals surface area contributed by atoms with Crippen LogP contribution in [0, 0.1) is 0 Å². The van der Waals surface area contributed by atoms with Crippen LogP contribution in [0.25, 0.3) is 11.4 Å². The van der Waals surface area contributed by atoms with Crippen LogP contribution in [0.5, 0.6) is 0 Å². The molecule has 0 aliphatic rings. The summed E-state index contributed by atoms with van der Waals surface area (Å²) in [6.45, 7) is 1.58. The number of nitrogen functional groups attached to an aromatic ring is 1. The van der Waals surface area contributed by atoms with Crippen LogP contribution < -0.4 is 5.73 Å². The Morgan fingerprint density at radius 3 is 2.61 bits per heavy atom. The van der Waals surface area contributed by atoms with Gasteiger partial charge in [0.05, 0.1) is 10.6 Å². The van der Waals surface area contributed by atoms with E-state index in [1.807, 2.05) is 0 Å².